The summed E-state index contributed by atoms with van der Waals surface area (Å²) in [6.07, 6.45) is 4.11. The largest absolute Gasteiger partial charge is 0.485 e. The zero-order valence-corrected chi connectivity index (χ0v) is 16.6. The Morgan fingerprint density at radius 1 is 1.25 bits per heavy atom. The summed E-state index contributed by atoms with van der Waals surface area (Å²) in [4.78, 5) is 21.4. The van der Waals surface area contributed by atoms with Crippen LogP contribution in [0.15, 0.2) is 41.3 Å². The minimum absolute atomic E-state index is 0.164. The maximum atomic E-state index is 12.6. The molecule has 1 aliphatic carbocycles. The van der Waals surface area contributed by atoms with Crippen molar-refractivity contribution in [1.29, 1.82) is 0 Å². The number of hydrogen-bond donors (Lipinski definition) is 0. The topological polar surface area (TPSA) is 74.8 Å². The molecule has 0 atom stereocenters. The summed E-state index contributed by atoms with van der Waals surface area (Å²) in [5, 5.41) is 0. The molecule has 1 aliphatic rings. The second kappa shape index (κ2) is 6.72. The van der Waals surface area contributed by atoms with Crippen molar-refractivity contribution < 1.29 is 4.74 Å². The zero-order chi connectivity index (χ0) is 19.3. The van der Waals surface area contributed by atoms with Crippen molar-refractivity contribution in [2.75, 3.05) is 0 Å². The van der Waals surface area contributed by atoms with Crippen molar-refractivity contribution in [3.05, 3.63) is 63.0 Å². The molecule has 1 aromatic carbocycles. The normalized spacial score (nSPS) is 13.9. The van der Waals surface area contributed by atoms with Crippen LogP contribution in [-0.4, -0.2) is 23.5 Å². The lowest BCUT2D eigenvalue weighted by Gasteiger charge is -2.08. The first-order valence-electron chi connectivity index (χ1n) is 8.89. The Hall–Kier alpha value is -2.71. The summed E-state index contributed by atoms with van der Waals surface area (Å²) < 4.78 is 13.7. The van der Waals surface area contributed by atoms with Crippen LogP contribution in [0.2, 0.25) is 4.47 Å². The first-order chi connectivity index (χ1) is 13.6. The fourth-order valence-electron chi connectivity index (χ4n) is 3.26. The molecule has 9 heteroatoms. The second-order valence-corrected chi connectivity index (χ2v) is 8.13. The highest BCUT2D eigenvalue weighted by molar-refractivity contribution is 7.10. The van der Waals surface area contributed by atoms with Crippen molar-refractivity contribution in [3.8, 4) is 11.4 Å². The number of halogens is 1. The van der Waals surface area contributed by atoms with Crippen LogP contribution in [0.4, 0.5) is 0 Å². The quantitative estimate of drug-likeness (QED) is 0.499. The van der Waals surface area contributed by atoms with Gasteiger partial charge in [0, 0.05) is 25.2 Å². The SMILES string of the molecule is Cn1c(C2CC2)nc2ccc(-n3ccc(OCc4nsc(Cl)n4)cc3=O)cc21. The highest BCUT2D eigenvalue weighted by atomic mass is 35.5. The second-order valence-electron chi connectivity index (χ2n) is 6.80. The molecule has 3 heterocycles. The minimum atomic E-state index is -0.175. The van der Waals surface area contributed by atoms with E-state index in [4.69, 9.17) is 21.3 Å². The van der Waals surface area contributed by atoms with Crippen LogP contribution in [0.5, 0.6) is 5.75 Å². The number of pyridine rings is 1. The third-order valence-corrected chi connectivity index (χ3v) is 5.66. The predicted molar refractivity (Wildman–Crippen MR) is 108 cm³/mol. The van der Waals surface area contributed by atoms with E-state index < -0.39 is 0 Å². The van der Waals surface area contributed by atoms with E-state index in [1.165, 1.54) is 18.9 Å². The fourth-order valence-corrected chi connectivity index (χ4v) is 3.88. The molecule has 3 aromatic heterocycles. The smallest absolute Gasteiger partial charge is 0.258 e. The Morgan fingerprint density at radius 2 is 2.11 bits per heavy atom. The van der Waals surface area contributed by atoms with E-state index in [0.29, 0.717) is 22.0 Å². The summed E-state index contributed by atoms with van der Waals surface area (Å²) in [5.74, 6) is 2.65. The van der Waals surface area contributed by atoms with Crippen LogP contribution in [0.25, 0.3) is 16.7 Å². The standard InChI is InChI=1S/C19H16ClN5O2S/c1-24-15-8-12(4-5-14(15)21-18(24)11-2-3-11)25-7-6-13(9-17(25)26)27-10-16-22-19(20)28-23-16/h4-9,11H,2-3,10H2,1H3. The lowest BCUT2D eigenvalue weighted by molar-refractivity contribution is 0.296. The molecule has 0 saturated heterocycles. The van der Waals surface area contributed by atoms with Gasteiger partial charge < -0.3 is 9.30 Å². The highest BCUT2D eigenvalue weighted by Gasteiger charge is 2.28. The summed E-state index contributed by atoms with van der Waals surface area (Å²) in [6.45, 7) is 0.164. The number of imidazole rings is 1. The maximum absolute atomic E-state index is 12.6. The molecule has 0 spiro atoms. The van der Waals surface area contributed by atoms with Gasteiger partial charge in [-0.3, -0.25) is 9.36 Å². The molecule has 4 aromatic rings. The average Bonchev–Trinajstić information content (AvgIpc) is 3.37. The molecule has 0 radical (unpaired) electrons. The number of aryl methyl sites for hydroxylation is 1. The van der Waals surface area contributed by atoms with Crippen LogP contribution >= 0.6 is 23.1 Å². The summed E-state index contributed by atoms with van der Waals surface area (Å²) in [7, 11) is 2.03. The van der Waals surface area contributed by atoms with E-state index >= 15 is 0 Å². The van der Waals surface area contributed by atoms with Gasteiger partial charge >= 0.3 is 0 Å². The Kier molecular flexibility index (Phi) is 4.17. The highest BCUT2D eigenvalue weighted by Crippen LogP contribution is 2.40. The minimum Gasteiger partial charge on any atom is -0.485 e. The van der Waals surface area contributed by atoms with Crippen molar-refractivity contribution in [1.82, 2.24) is 23.5 Å². The van der Waals surface area contributed by atoms with Crippen LogP contribution in [-0.2, 0) is 13.7 Å². The third kappa shape index (κ3) is 3.18. The average molecular weight is 414 g/mol. The van der Waals surface area contributed by atoms with Crippen molar-refractivity contribution >= 4 is 34.2 Å². The molecule has 28 heavy (non-hydrogen) atoms. The molecule has 0 aliphatic heterocycles. The van der Waals surface area contributed by atoms with E-state index in [-0.39, 0.29) is 12.2 Å². The molecule has 0 bridgehead atoms. The number of ether oxygens (including phenoxy) is 1. The Balaban J connectivity index is 1.42. The summed E-state index contributed by atoms with van der Waals surface area (Å²) in [5.41, 5.74) is 2.60. The Morgan fingerprint density at radius 3 is 2.82 bits per heavy atom. The number of nitrogens with zero attached hydrogens (tertiary/aromatic N) is 5. The molecule has 142 valence electrons. The van der Waals surface area contributed by atoms with Gasteiger partial charge in [-0.1, -0.05) is 0 Å². The molecule has 5 rings (SSSR count). The monoisotopic (exact) mass is 413 g/mol. The summed E-state index contributed by atoms with van der Waals surface area (Å²) in [6, 6.07) is 9.08. The van der Waals surface area contributed by atoms with Gasteiger partial charge in [-0.2, -0.15) is 4.37 Å². The molecule has 7 nitrogen and oxygen atoms in total. The van der Waals surface area contributed by atoms with Gasteiger partial charge in [-0.05, 0) is 60.2 Å². The molecule has 0 unspecified atom stereocenters. The van der Waals surface area contributed by atoms with Gasteiger partial charge in [0.2, 0.25) is 4.47 Å². The van der Waals surface area contributed by atoms with Crippen molar-refractivity contribution in [2.24, 2.45) is 7.05 Å². The first kappa shape index (κ1) is 17.4. The third-order valence-electron chi connectivity index (χ3n) is 4.82. The summed E-state index contributed by atoms with van der Waals surface area (Å²) >= 11 is 6.86. The number of benzene rings is 1. The lowest BCUT2D eigenvalue weighted by Crippen LogP contribution is -2.16. The number of fused-ring (bicyclic) bond motifs is 1. The fraction of sp³-hybridized carbons (Fsp3) is 0.263. The van der Waals surface area contributed by atoms with E-state index in [1.807, 2.05) is 25.2 Å². The van der Waals surface area contributed by atoms with Crippen LogP contribution in [0.1, 0.15) is 30.4 Å². The van der Waals surface area contributed by atoms with Gasteiger partial charge in [-0.25, -0.2) is 9.97 Å². The molecule has 0 amide bonds. The van der Waals surface area contributed by atoms with E-state index in [2.05, 4.69) is 13.9 Å². The maximum Gasteiger partial charge on any atom is 0.258 e. The Labute approximate surface area is 169 Å². The van der Waals surface area contributed by atoms with Gasteiger partial charge in [0.15, 0.2) is 5.82 Å². The first-order valence-corrected chi connectivity index (χ1v) is 10.0. The molecule has 1 fully saturated rings. The van der Waals surface area contributed by atoms with Crippen LogP contribution < -0.4 is 10.3 Å². The van der Waals surface area contributed by atoms with E-state index in [0.717, 1.165) is 34.1 Å². The molecular weight excluding hydrogens is 398 g/mol. The zero-order valence-electron chi connectivity index (χ0n) is 15.0. The van der Waals surface area contributed by atoms with Crippen LogP contribution in [0, 0.1) is 0 Å². The van der Waals surface area contributed by atoms with E-state index in [1.54, 1.807) is 16.8 Å². The molecule has 1 saturated carbocycles. The van der Waals surface area contributed by atoms with E-state index in [9.17, 15) is 4.79 Å². The van der Waals surface area contributed by atoms with Crippen LogP contribution in [0.3, 0.4) is 0 Å². The molecule has 0 N–H and O–H groups in total. The van der Waals surface area contributed by atoms with Gasteiger partial charge in [0.05, 0.1) is 16.7 Å². The van der Waals surface area contributed by atoms with Gasteiger partial charge in [-0.15, -0.1) is 0 Å². The van der Waals surface area contributed by atoms with Gasteiger partial charge in [0.25, 0.3) is 5.56 Å². The predicted octanol–water partition coefficient (Wildman–Crippen LogP) is 3.69. The number of hydrogen-bond acceptors (Lipinski definition) is 6. The number of aromatic nitrogens is 5. The van der Waals surface area contributed by atoms with Crippen molar-refractivity contribution in [3.63, 3.8) is 0 Å². The lowest BCUT2D eigenvalue weighted by atomic mass is 10.2. The van der Waals surface area contributed by atoms with Crippen molar-refractivity contribution in [2.45, 2.75) is 25.4 Å². The molecular formula is C19H16ClN5O2S. The van der Waals surface area contributed by atoms with Gasteiger partial charge in [0.1, 0.15) is 18.2 Å². The number of rotatable bonds is 5. The Bertz CT molecular complexity index is 1240.